The van der Waals surface area contributed by atoms with Crippen molar-refractivity contribution in [3.8, 4) is 5.75 Å². The fourth-order valence-corrected chi connectivity index (χ4v) is 1.69. The lowest BCUT2D eigenvalue weighted by atomic mass is 10.1. The fraction of sp³-hybridized carbons (Fsp3) is 0.571. The Morgan fingerprint density at radius 2 is 2.06 bits per heavy atom. The Labute approximate surface area is 99.2 Å². The summed E-state index contributed by atoms with van der Waals surface area (Å²) in [5.74, 6) is 0.953. The minimum absolute atomic E-state index is 0.953. The van der Waals surface area contributed by atoms with E-state index in [-0.39, 0.29) is 0 Å². The van der Waals surface area contributed by atoms with Gasteiger partial charge in [0.1, 0.15) is 5.75 Å². The Morgan fingerprint density at radius 1 is 1.25 bits per heavy atom. The average molecular weight is 221 g/mol. The maximum absolute atomic E-state index is 5.21. The van der Waals surface area contributed by atoms with E-state index in [9.17, 15) is 0 Å². The molecule has 0 aromatic heterocycles. The van der Waals surface area contributed by atoms with Crippen LogP contribution in [-0.2, 0) is 6.42 Å². The molecule has 0 bridgehead atoms. The molecule has 16 heavy (non-hydrogen) atoms. The van der Waals surface area contributed by atoms with Gasteiger partial charge in [-0.3, -0.25) is 0 Å². The summed E-state index contributed by atoms with van der Waals surface area (Å²) >= 11 is 0. The molecule has 1 aromatic rings. The number of rotatable bonds is 7. The van der Waals surface area contributed by atoms with Gasteiger partial charge in [-0.05, 0) is 44.1 Å². The van der Waals surface area contributed by atoms with Crippen molar-refractivity contribution in [3.63, 3.8) is 0 Å². The lowest BCUT2D eigenvalue weighted by Crippen LogP contribution is -2.22. The molecule has 0 spiro atoms. The highest BCUT2D eigenvalue weighted by Crippen LogP contribution is 2.13. The summed E-state index contributed by atoms with van der Waals surface area (Å²) in [7, 11) is 3.91. The van der Waals surface area contributed by atoms with Gasteiger partial charge in [0.15, 0.2) is 0 Å². The van der Waals surface area contributed by atoms with E-state index in [0.717, 1.165) is 18.7 Å². The highest BCUT2D eigenvalue weighted by Gasteiger charge is 2.00. The van der Waals surface area contributed by atoms with E-state index in [1.807, 2.05) is 6.07 Å². The smallest absolute Gasteiger partial charge is 0.119 e. The fourth-order valence-electron chi connectivity index (χ4n) is 1.69. The standard InChI is InChI=1S/C14H23NO/c1-4-5-10-15(2)11-9-13-7-6-8-14(12-13)16-3/h6-8,12H,4-5,9-11H2,1-3H3. The van der Waals surface area contributed by atoms with E-state index in [1.54, 1.807) is 7.11 Å². The minimum atomic E-state index is 0.953. The number of hydrogen-bond acceptors (Lipinski definition) is 2. The van der Waals surface area contributed by atoms with Gasteiger partial charge >= 0.3 is 0 Å². The first-order valence-electron chi connectivity index (χ1n) is 6.07. The topological polar surface area (TPSA) is 12.5 Å². The Bertz CT molecular complexity index is 299. The summed E-state index contributed by atoms with van der Waals surface area (Å²) in [5, 5.41) is 0. The van der Waals surface area contributed by atoms with Crippen LogP contribution in [0.5, 0.6) is 5.75 Å². The average Bonchev–Trinajstić information content (AvgIpc) is 2.34. The molecule has 0 heterocycles. The van der Waals surface area contributed by atoms with Crippen LogP contribution in [0.3, 0.4) is 0 Å². The van der Waals surface area contributed by atoms with Crippen molar-refractivity contribution in [2.24, 2.45) is 0 Å². The van der Waals surface area contributed by atoms with Crippen LogP contribution in [0.15, 0.2) is 24.3 Å². The zero-order valence-corrected chi connectivity index (χ0v) is 10.7. The van der Waals surface area contributed by atoms with Gasteiger partial charge < -0.3 is 9.64 Å². The molecule has 2 nitrogen and oxygen atoms in total. The van der Waals surface area contributed by atoms with Crippen LogP contribution in [0.25, 0.3) is 0 Å². The third kappa shape index (κ3) is 4.67. The van der Waals surface area contributed by atoms with Crippen LogP contribution in [0.4, 0.5) is 0 Å². The van der Waals surface area contributed by atoms with Crippen molar-refractivity contribution in [1.29, 1.82) is 0 Å². The molecule has 1 rings (SSSR count). The molecular formula is C14H23NO. The van der Waals surface area contributed by atoms with Crippen LogP contribution in [0, 0.1) is 0 Å². The maximum atomic E-state index is 5.21. The largest absolute Gasteiger partial charge is 0.497 e. The molecule has 0 N–H and O–H groups in total. The molecular weight excluding hydrogens is 198 g/mol. The third-order valence-electron chi connectivity index (χ3n) is 2.81. The van der Waals surface area contributed by atoms with E-state index < -0.39 is 0 Å². The van der Waals surface area contributed by atoms with Crippen molar-refractivity contribution in [1.82, 2.24) is 4.90 Å². The van der Waals surface area contributed by atoms with Gasteiger partial charge in [-0.15, -0.1) is 0 Å². The molecule has 2 heteroatoms. The first kappa shape index (κ1) is 13.0. The Kier molecular flexibility index (Phi) is 5.94. The van der Waals surface area contributed by atoms with Crippen LogP contribution in [0.1, 0.15) is 25.3 Å². The van der Waals surface area contributed by atoms with Gasteiger partial charge in [0.2, 0.25) is 0 Å². The highest BCUT2D eigenvalue weighted by molar-refractivity contribution is 5.28. The molecule has 0 atom stereocenters. The summed E-state index contributed by atoms with van der Waals surface area (Å²) < 4.78 is 5.21. The highest BCUT2D eigenvalue weighted by atomic mass is 16.5. The van der Waals surface area contributed by atoms with Crippen molar-refractivity contribution >= 4 is 0 Å². The predicted molar refractivity (Wildman–Crippen MR) is 69.1 cm³/mol. The van der Waals surface area contributed by atoms with E-state index in [2.05, 4.69) is 37.1 Å². The van der Waals surface area contributed by atoms with E-state index >= 15 is 0 Å². The van der Waals surface area contributed by atoms with Crippen LogP contribution < -0.4 is 4.74 Å². The Morgan fingerprint density at radius 3 is 2.75 bits per heavy atom. The molecule has 0 fully saturated rings. The zero-order chi connectivity index (χ0) is 11.8. The van der Waals surface area contributed by atoms with Crippen molar-refractivity contribution in [3.05, 3.63) is 29.8 Å². The molecule has 0 aliphatic heterocycles. The van der Waals surface area contributed by atoms with Crippen molar-refractivity contribution in [2.45, 2.75) is 26.2 Å². The van der Waals surface area contributed by atoms with Crippen molar-refractivity contribution in [2.75, 3.05) is 27.2 Å². The van der Waals surface area contributed by atoms with Gasteiger partial charge in [-0.1, -0.05) is 25.5 Å². The van der Waals surface area contributed by atoms with Gasteiger partial charge in [-0.2, -0.15) is 0 Å². The van der Waals surface area contributed by atoms with E-state index in [1.165, 1.54) is 24.9 Å². The number of benzene rings is 1. The SMILES string of the molecule is CCCCN(C)CCc1cccc(OC)c1. The second kappa shape index (κ2) is 7.29. The molecule has 0 saturated heterocycles. The molecule has 0 saturated carbocycles. The summed E-state index contributed by atoms with van der Waals surface area (Å²) in [6, 6.07) is 8.33. The predicted octanol–water partition coefficient (Wildman–Crippen LogP) is 2.97. The lowest BCUT2D eigenvalue weighted by molar-refractivity contribution is 0.332. The summed E-state index contributed by atoms with van der Waals surface area (Å²) in [4.78, 5) is 2.39. The van der Waals surface area contributed by atoms with Crippen LogP contribution in [0.2, 0.25) is 0 Å². The zero-order valence-electron chi connectivity index (χ0n) is 10.7. The Balaban J connectivity index is 2.35. The van der Waals surface area contributed by atoms with Crippen LogP contribution in [-0.4, -0.2) is 32.1 Å². The summed E-state index contributed by atoms with van der Waals surface area (Å²) in [6.07, 6.45) is 3.65. The molecule has 0 amide bonds. The van der Waals surface area contributed by atoms with Gasteiger partial charge in [-0.25, -0.2) is 0 Å². The second-order valence-corrected chi connectivity index (χ2v) is 4.26. The number of nitrogens with zero attached hydrogens (tertiary/aromatic N) is 1. The molecule has 0 aliphatic rings. The number of ether oxygens (including phenoxy) is 1. The first-order chi connectivity index (χ1) is 7.76. The normalized spacial score (nSPS) is 10.8. The van der Waals surface area contributed by atoms with Gasteiger partial charge in [0.05, 0.1) is 7.11 Å². The number of unbranched alkanes of at least 4 members (excludes halogenated alkanes) is 1. The molecule has 0 unspecified atom stereocenters. The first-order valence-corrected chi connectivity index (χ1v) is 6.07. The molecule has 0 aliphatic carbocycles. The van der Waals surface area contributed by atoms with Crippen LogP contribution >= 0.6 is 0 Å². The van der Waals surface area contributed by atoms with Gasteiger partial charge in [0, 0.05) is 6.54 Å². The lowest BCUT2D eigenvalue weighted by Gasteiger charge is -2.16. The maximum Gasteiger partial charge on any atom is 0.119 e. The number of methoxy groups -OCH3 is 1. The molecule has 1 aromatic carbocycles. The molecule has 0 radical (unpaired) electrons. The van der Waals surface area contributed by atoms with Gasteiger partial charge in [0.25, 0.3) is 0 Å². The van der Waals surface area contributed by atoms with E-state index in [4.69, 9.17) is 4.74 Å². The third-order valence-corrected chi connectivity index (χ3v) is 2.81. The molecule has 90 valence electrons. The monoisotopic (exact) mass is 221 g/mol. The number of hydrogen-bond donors (Lipinski definition) is 0. The van der Waals surface area contributed by atoms with Crippen molar-refractivity contribution < 1.29 is 4.74 Å². The second-order valence-electron chi connectivity index (χ2n) is 4.26. The summed E-state index contributed by atoms with van der Waals surface area (Å²) in [5.41, 5.74) is 1.35. The number of likely N-dealkylation sites (N-methyl/N-ethyl adjacent to an activating group) is 1. The summed E-state index contributed by atoms with van der Waals surface area (Å²) in [6.45, 7) is 4.55. The minimum Gasteiger partial charge on any atom is -0.497 e. The van der Waals surface area contributed by atoms with E-state index in [0.29, 0.717) is 0 Å². The Hall–Kier alpha value is -1.02. The quantitative estimate of drug-likeness (QED) is 0.702.